The van der Waals surface area contributed by atoms with Gasteiger partial charge in [0.1, 0.15) is 4.88 Å². The molecule has 0 aliphatic carbocycles. The maximum Gasteiger partial charge on any atom is 0.261 e. The van der Waals surface area contributed by atoms with Crippen molar-refractivity contribution in [3.8, 4) is 0 Å². The van der Waals surface area contributed by atoms with E-state index in [1.54, 1.807) is 6.92 Å². The largest absolute Gasteiger partial charge is 0.286 e. The van der Waals surface area contributed by atoms with E-state index in [0.29, 0.717) is 5.69 Å². The van der Waals surface area contributed by atoms with Gasteiger partial charge in [-0.1, -0.05) is 22.9 Å². The number of hydrogen-bond acceptors (Lipinski definition) is 3. The van der Waals surface area contributed by atoms with Crippen LogP contribution in [0.2, 0.25) is 4.47 Å². The zero-order valence-corrected chi connectivity index (χ0v) is 7.56. The van der Waals surface area contributed by atoms with E-state index in [2.05, 4.69) is 15.0 Å². The van der Waals surface area contributed by atoms with E-state index in [-0.39, 0.29) is 9.34 Å². The van der Waals surface area contributed by atoms with Crippen LogP contribution in [0, 0.1) is 6.92 Å². The Morgan fingerprint density at radius 2 is 2.50 bits per heavy atom. The molecule has 0 N–H and O–H groups in total. The molecule has 0 radical (unpaired) electrons. The molecule has 0 bridgehead atoms. The first-order valence-electron chi connectivity index (χ1n) is 2.87. The number of azide groups is 1. The monoisotopic (exact) mass is 202 g/mol. The number of rotatable bonds is 1. The van der Waals surface area contributed by atoms with Gasteiger partial charge >= 0.3 is 0 Å². The maximum absolute atomic E-state index is 11.0. The summed E-state index contributed by atoms with van der Waals surface area (Å²) < 4.78 is 0.268. The lowest BCUT2D eigenvalue weighted by Crippen LogP contribution is -1.91. The van der Waals surface area contributed by atoms with Crippen LogP contribution in [0.15, 0.2) is 5.11 Å². The van der Waals surface area contributed by atoms with Gasteiger partial charge in [-0.25, -0.2) is 4.98 Å². The van der Waals surface area contributed by atoms with Crippen molar-refractivity contribution in [3.05, 3.63) is 25.5 Å². The molecule has 1 rings (SSSR count). The molecule has 1 heterocycles. The first kappa shape index (κ1) is 8.99. The summed E-state index contributed by atoms with van der Waals surface area (Å²) >= 11 is 6.53. The highest BCUT2D eigenvalue weighted by atomic mass is 35.5. The Kier molecular flexibility index (Phi) is 2.65. The van der Waals surface area contributed by atoms with Crippen molar-refractivity contribution in [3.63, 3.8) is 0 Å². The minimum absolute atomic E-state index is 0.268. The molecule has 62 valence electrons. The van der Waals surface area contributed by atoms with Gasteiger partial charge in [0.05, 0.1) is 5.69 Å². The third kappa shape index (κ3) is 1.73. The van der Waals surface area contributed by atoms with Crippen molar-refractivity contribution in [1.29, 1.82) is 0 Å². The third-order valence-corrected chi connectivity index (χ3v) is 2.35. The Morgan fingerprint density at radius 1 is 1.83 bits per heavy atom. The first-order valence-corrected chi connectivity index (χ1v) is 4.07. The third-order valence-electron chi connectivity index (χ3n) is 1.10. The second-order valence-electron chi connectivity index (χ2n) is 1.88. The molecule has 0 aliphatic heterocycles. The van der Waals surface area contributed by atoms with Gasteiger partial charge in [-0.2, -0.15) is 0 Å². The van der Waals surface area contributed by atoms with Gasteiger partial charge in [-0.3, -0.25) is 4.79 Å². The second kappa shape index (κ2) is 3.53. The molecule has 0 unspecified atom stereocenters. The van der Waals surface area contributed by atoms with Crippen molar-refractivity contribution >= 4 is 28.8 Å². The zero-order chi connectivity index (χ0) is 9.14. The molecule has 1 amide bonds. The summed E-state index contributed by atoms with van der Waals surface area (Å²) in [4.78, 5) is 17.4. The number of nitrogens with zero attached hydrogens (tertiary/aromatic N) is 4. The maximum atomic E-state index is 11.0. The van der Waals surface area contributed by atoms with Gasteiger partial charge < -0.3 is 0 Å². The standard InChI is InChI=1S/C5H3ClN4OS/c1-2-3(4(11)9-10-7)12-5(6)8-2/h1H3. The molecule has 5 nitrogen and oxygen atoms in total. The molecular weight excluding hydrogens is 200 g/mol. The topological polar surface area (TPSA) is 78.7 Å². The van der Waals surface area contributed by atoms with Crippen LogP contribution in [-0.2, 0) is 0 Å². The number of hydrogen-bond donors (Lipinski definition) is 0. The Balaban J connectivity index is 3.10. The second-order valence-corrected chi connectivity index (χ2v) is 3.46. The van der Waals surface area contributed by atoms with Crippen molar-refractivity contribution in [2.24, 2.45) is 5.11 Å². The van der Waals surface area contributed by atoms with Gasteiger partial charge in [0.2, 0.25) is 0 Å². The highest BCUT2D eigenvalue weighted by Gasteiger charge is 2.12. The van der Waals surface area contributed by atoms with Gasteiger partial charge in [0.25, 0.3) is 5.91 Å². The highest BCUT2D eigenvalue weighted by Crippen LogP contribution is 2.22. The van der Waals surface area contributed by atoms with E-state index in [4.69, 9.17) is 17.1 Å². The fraction of sp³-hybridized carbons (Fsp3) is 0.200. The minimum Gasteiger partial charge on any atom is -0.286 e. The van der Waals surface area contributed by atoms with E-state index in [0.717, 1.165) is 11.3 Å². The van der Waals surface area contributed by atoms with Crippen LogP contribution in [0.1, 0.15) is 15.4 Å². The Labute approximate surface area is 76.6 Å². The first-order chi connectivity index (χ1) is 5.65. The van der Waals surface area contributed by atoms with Gasteiger partial charge in [0, 0.05) is 4.91 Å². The average Bonchev–Trinajstić information content (AvgIpc) is 2.30. The fourth-order valence-corrected chi connectivity index (χ4v) is 1.68. The molecule has 1 aromatic heterocycles. The normalized spacial score (nSPS) is 9.17. The number of halogens is 1. The minimum atomic E-state index is -0.639. The predicted molar refractivity (Wildman–Crippen MR) is 45.3 cm³/mol. The summed E-state index contributed by atoms with van der Waals surface area (Å²) in [5.41, 5.74) is 8.47. The molecule has 12 heavy (non-hydrogen) atoms. The molecule has 0 saturated carbocycles. The smallest absolute Gasteiger partial charge is 0.261 e. The molecule has 0 aromatic carbocycles. The number of carbonyl (C=O) groups is 1. The highest BCUT2D eigenvalue weighted by molar-refractivity contribution is 7.17. The predicted octanol–water partition coefficient (Wildman–Crippen LogP) is 2.56. The van der Waals surface area contributed by atoms with Gasteiger partial charge in [0.15, 0.2) is 4.47 Å². The molecule has 0 aliphatic rings. The van der Waals surface area contributed by atoms with Crippen LogP contribution in [0.4, 0.5) is 0 Å². The van der Waals surface area contributed by atoms with E-state index < -0.39 is 5.91 Å². The molecular formula is C5H3ClN4OS. The lowest BCUT2D eigenvalue weighted by atomic mass is 10.4. The average molecular weight is 203 g/mol. The van der Waals surface area contributed by atoms with Gasteiger partial charge in [-0.05, 0) is 17.6 Å². The summed E-state index contributed by atoms with van der Waals surface area (Å²) in [6.07, 6.45) is 0. The van der Waals surface area contributed by atoms with Gasteiger partial charge in [-0.15, -0.1) is 0 Å². The van der Waals surface area contributed by atoms with Crippen molar-refractivity contribution in [2.75, 3.05) is 0 Å². The van der Waals surface area contributed by atoms with E-state index in [1.807, 2.05) is 0 Å². The molecule has 0 spiro atoms. The quantitative estimate of drug-likeness (QED) is 0.399. The Bertz CT molecular complexity index is 368. The van der Waals surface area contributed by atoms with Crippen LogP contribution in [0.25, 0.3) is 10.4 Å². The summed E-state index contributed by atoms with van der Waals surface area (Å²) in [5.74, 6) is -0.639. The number of thiazole rings is 1. The fourth-order valence-electron chi connectivity index (χ4n) is 0.648. The zero-order valence-electron chi connectivity index (χ0n) is 5.98. The van der Waals surface area contributed by atoms with E-state index >= 15 is 0 Å². The molecule has 0 fully saturated rings. The van der Waals surface area contributed by atoms with Crippen LogP contribution in [-0.4, -0.2) is 10.9 Å². The number of amides is 1. The summed E-state index contributed by atoms with van der Waals surface area (Å²) in [6.45, 7) is 1.63. The van der Waals surface area contributed by atoms with Crippen LogP contribution in [0.3, 0.4) is 0 Å². The SMILES string of the molecule is Cc1nc(Cl)sc1C(=O)N=[N+]=[N-]. The summed E-state index contributed by atoms with van der Waals surface area (Å²) in [7, 11) is 0. The molecule has 0 atom stereocenters. The number of carbonyl (C=O) groups excluding carboxylic acids is 1. The van der Waals surface area contributed by atoms with Crippen molar-refractivity contribution < 1.29 is 4.79 Å². The Hall–Kier alpha value is -1.10. The summed E-state index contributed by atoms with van der Waals surface area (Å²) in [5, 5.41) is 2.92. The number of aryl methyl sites for hydroxylation is 1. The molecule has 1 aromatic rings. The lowest BCUT2D eigenvalue weighted by molar-refractivity contribution is 0.100. The van der Waals surface area contributed by atoms with E-state index in [9.17, 15) is 4.79 Å². The Morgan fingerprint density at radius 3 is 2.92 bits per heavy atom. The van der Waals surface area contributed by atoms with E-state index in [1.165, 1.54) is 0 Å². The van der Waals surface area contributed by atoms with Crippen LogP contribution >= 0.6 is 22.9 Å². The number of aromatic nitrogens is 1. The summed E-state index contributed by atoms with van der Waals surface area (Å²) in [6, 6.07) is 0. The molecule has 0 saturated heterocycles. The molecule has 7 heteroatoms. The van der Waals surface area contributed by atoms with Crippen LogP contribution in [0.5, 0.6) is 0 Å². The van der Waals surface area contributed by atoms with Crippen LogP contribution < -0.4 is 0 Å². The van der Waals surface area contributed by atoms with Crippen molar-refractivity contribution in [2.45, 2.75) is 6.92 Å². The lowest BCUT2D eigenvalue weighted by Gasteiger charge is -1.85. The van der Waals surface area contributed by atoms with Crippen molar-refractivity contribution in [1.82, 2.24) is 4.98 Å².